The van der Waals surface area contributed by atoms with E-state index in [0.29, 0.717) is 0 Å². The van der Waals surface area contributed by atoms with Crippen LogP contribution in [0.4, 0.5) is 0 Å². The Morgan fingerprint density at radius 1 is 1.13 bits per heavy atom. The Morgan fingerprint density at radius 2 is 2.00 bits per heavy atom. The van der Waals surface area contributed by atoms with Crippen LogP contribution in [0.15, 0.2) is 48.6 Å². The normalized spacial score (nSPS) is 22.0. The van der Waals surface area contributed by atoms with Crippen molar-refractivity contribution in [2.24, 2.45) is 5.92 Å². The van der Waals surface area contributed by atoms with Crippen LogP contribution < -0.4 is 3.61 Å². The molecule has 1 unspecified atom stereocenters. The van der Waals surface area contributed by atoms with E-state index in [4.69, 9.17) is 0 Å². The number of hydrogen-bond acceptors (Lipinski definition) is 1. The SMILES string of the molecule is O=C1c2ccccc2[Te]=C2C=CC=CC12. The van der Waals surface area contributed by atoms with E-state index in [-0.39, 0.29) is 32.2 Å². The van der Waals surface area contributed by atoms with E-state index < -0.39 is 0 Å². The first-order valence-corrected chi connectivity index (χ1v) is 7.22. The van der Waals surface area contributed by atoms with Crippen LogP contribution in [0, 0.1) is 5.92 Å². The molecular weight excluding hydrogens is 300 g/mol. The number of hydrogen-bond donors (Lipinski definition) is 0. The zero-order chi connectivity index (χ0) is 10.3. The summed E-state index contributed by atoms with van der Waals surface area (Å²) in [6, 6.07) is 8.05. The summed E-state index contributed by atoms with van der Waals surface area (Å²) in [6.45, 7) is 0. The zero-order valence-corrected chi connectivity index (χ0v) is 10.3. The minimum atomic E-state index is -0.326. The van der Waals surface area contributed by atoms with Crippen LogP contribution in [0.25, 0.3) is 0 Å². The van der Waals surface area contributed by atoms with Gasteiger partial charge in [-0.2, -0.15) is 0 Å². The van der Waals surface area contributed by atoms with Gasteiger partial charge in [-0.3, -0.25) is 0 Å². The van der Waals surface area contributed by atoms with Crippen LogP contribution in [-0.2, 0) is 0 Å². The van der Waals surface area contributed by atoms with Gasteiger partial charge in [0.15, 0.2) is 0 Å². The monoisotopic (exact) mass is 311 g/mol. The molecule has 0 aromatic heterocycles. The van der Waals surface area contributed by atoms with Gasteiger partial charge in [-0.15, -0.1) is 0 Å². The summed E-state index contributed by atoms with van der Waals surface area (Å²) in [5.74, 6) is 0.324. The Morgan fingerprint density at radius 3 is 2.93 bits per heavy atom. The molecule has 0 bridgehead atoms. The van der Waals surface area contributed by atoms with Crippen molar-refractivity contribution in [3.8, 4) is 0 Å². The summed E-state index contributed by atoms with van der Waals surface area (Å²) in [7, 11) is 0. The topological polar surface area (TPSA) is 17.1 Å². The summed E-state index contributed by atoms with van der Waals surface area (Å²) < 4.78 is 2.64. The van der Waals surface area contributed by atoms with Crippen molar-refractivity contribution in [1.29, 1.82) is 0 Å². The summed E-state index contributed by atoms with van der Waals surface area (Å²) in [4.78, 5) is 12.2. The summed E-state index contributed by atoms with van der Waals surface area (Å²) >= 11 is -0.326. The van der Waals surface area contributed by atoms with Crippen molar-refractivity contribution >= 4 is 33.4 Å². The van der Waals surface area contributed by atoms with E-state index in [1.807, 2.05) is 36.4 Å². The molecule has 73 valence electrons. The molecule has 15 heavy (non-hydrogen) atoms. The van der Waals surface area contributed by atoms with Crippen molar-refractivity contribution in [1.82, 2.24) is 0 Å². The molecule has 0 saturated carbocycles. The molecule has 1 heterocycles. The molecule has 0 fully saturated rings. The molecule has 3 rings (SSSR count). The van der Waals surface area contributed by atoms with Gasteiger partial charge < -0.3 is 0 Å². The summed E-state index contributed by atoms with van der Waals surface area (Å²) in [5, 5.41) is 0. The molecule has 0 spiro atoms. The van der Waals surface area contributed by atoms with E-state index in [1.165, 1.54) is 7.16 Å². The third-order valence-electron chi connectivity index (χ3n) is 2.64. The van der Waals surface area contributed by atoms with E-state index in [1.54, 1.807) is 0 Å². The van der Waals surface area contributed by atoms with Gasteiger partial charge in [0.05, 0.1) is 0 Å². The quantitative estimate of drug-likeness (QED) is 0.657. The van der Waals surface area contributed by atoms with Gasteiger partial charge in [0.1, 0.15) is 0 Å². The van der Waals surface area contributed by atoms with Gasteiger partial charge in [0.25, 0.3) is 0 Å². The van der Waals surface area contributed by atoms with Crippen molar-refractivity contribution in [3.63, 3.8) is 0 Å². The van der Waals surface area contributed by atoms with Gasteiger partial charge in [-0.05, 0) is 0 Å². The first kappa shape index (κ1) is 9.27. The fraction of sp³-hybridized carbons (Fsp3) is 0.0769. The molecular formula is C13H9OTe. The third-order valence-corrected chi connectivity index (χ3v) is 6.07. The Balaban J connectivity index is 2.23. The fourth-order valence-electron chi connectivity index (χ4n) is 1.89. The second-order valence-electron chi connectivity index (χ2n) is 3.59. The van der Waals surface area contributed by atoms with Gasteiger partial charge in [-0.1, -0.05) is 0 Å². The van der Waals surface area contributed by atoms with Gasteiger partial charge in [0, 0.05) is 0 Å². The second kappa shape index (κ2) is 3.56. The van der Waals surface area contributed by atoms with E-state index in [9.17, 15) is 4.79 Å². The number of ketones is 1. The van der Waals surface area contributed by atoms with E-state index >= 15 is 0 Å². The first-order chi connectivity index (χ1) is 7.36. The molecule has 2 aliphatic rings. The molecule has 0 saturated heterocycles. The van der Waals surface area contributed by atoms with Crippen molar-refractivity contribution in [2.75, 3.05) is 0 Å². The molecule has 1 atom stereocenters. The van der Waals surface area contributed by atoms with Gasteiger partial charge in [-0.25, -0.2) is 0 Å². The maximum absolute atomic E-state index is 12.2. The van der Waals surface area contributed by atoms with Gasteiger partial charge in [0.2, 0.25) is 0 Å². The first-order valence-electron chi connectivity index (χ1n) is 4.89. The van der Waals surface area contributed by atoms with Crippen LogP contribution in [0.1, 0.15) is 10.4 Å². The van der Waals surface area contributed by atoms with E-state index in [0.717, 1.165) is 5.56 Å². The van der Waals surface area contributed by atoms with Crippen LogP contribution in [0.5, 0.6) is 0 Å². The average Bonchev–Trinajstić information content (AvgIpc) is 2.30. The number of rotatable bonds is 0. The fourth-order valence-corrected chi connectivity index (χ4v) is 5.14. The van der Waals surface area contributed by atoms with Crippen LogP contribution in [-0.4, -0.2) is 29.8 Å². The van der Waals surface area contributed by atoms with Gasteiger partial charge >= 0.3 is 98.2 Å². The Bertz CT molecular complexity index is 523. The third kappa shape index (κ3) is 1.45. The molecule has 0 N–H and O–H groups in total. The maximum atomic E-state index is 12.2. The second-order valence-corrected chi connectivity index (χ2v) is 6.77. The number of fused-ring (bicyclic) bond motifs is 2. The predicted octanol–water partition coefficient (Wildman–Crippen LogP) is 1.13. The van der Waals surface area contributed by atoms with Crippen LogP contribution in [0.2, 0.25) is 0 Å². The molecule has 1 aliphatic carbocycles. The molecule has 1 nitrogen and oxygen atoms in total. The van der Waals surface area contributed by atoms with Crippen LogP contribution >= 0.6 is 0 Å². The van der Waals surface area contributed by atoms with Crippen LogP contribution in [0.3, 0.4) is 0 Å². The molecule has 1 aliphatic heterocycles. The molecule has 1 radical (unpaired) electrons. The van der Waals surface area contributed by atoms with E-state index in [2.05, 4.69) is 12.1 Å². The summed E-state index contributed by atoms with van der Waals surface area (Å²) in [6.07, 6.45) is 8.17. The zero-order valence-electron chi connectivity index (χ0n) is 8.01. The number of carbonyl (C=O) groups excluding carboxylic acids is 1. The molecule has 2 heteroatoms. The molecule has 1 aromatic carbocycles. The number of benzene rings is 1. The Hall–Kier alpha value is -0.970. The number of Topliss-reactive ketones (excluding diaryl/α,β-unsaturated/α-hetero) is 1. The standard InChI is InChI=1S/C13H9OTe/c14-13-9-5-1-3-7-11(9)15-12-8-4-2-6-10(12)13/h1-9H. The van der Waals surface area contributed by atoms with Crippen molar-refractivity contribution < 1.29 is 4.79 Å². The minimum absolute atomic E-state index is 0.0484. The van der Waals surface area contributed by atoms with Crippen molar-refractivity contribution in [2.45, 2.75) is 0 Å². The predicted molar refractivity (Wildman–Crippen MR) is 62.9 cm³/mol. The average molecular weight is 309 g/mol. The summed E-state index contributed by atoms with van der Waals surface area (Å²) in [5.41, 5.74) is 0.952. The molecule has 0 amide bonds. The number of carbonyl (C=O) groups is 1. The number of allylic oxidation sites excluding steroid dienone is 4. The van der Waals surface area contributed by atoms with Crippen molar-refractivity contribution in [3.05, 3.63) is 54.1 Å². The Labute approximate surface area is 98.1 Å². The Kier molecular flexibility index (Phi) is 2.20. The molecule has 1 aromatic rings.